The molecule has 2 heterocycles. The fraction of sp³-hybridized carbons (Fsp3) is 0.800. The number of rotatable bonds is 7. The van der Waals surface area contributed by atoms with E-state index in [9.17, 15) is 9.90 Å². The first-order chi connectivity index (χ1) is 10.4. The van der Waals surface area contributed by atoms with Gasteiger partial charge in [-0.15, -0.1) is 10.2 Å². The first kappa shape index (κ1) is 17.3. The van der Waals surface area contributed by atoms with E-state index >= 15 is 0 Å². The summed E-state index contributed by atoms with van der Waals surface area (Å²) in [5.41, 5.74) is -0.785. The molecule has 1 atom stereocenters. The second-order valence-corrected chi connectivity index (χ2v) is 7.50. The average Bonchev–Trinajstić information content (AvgIpc) is 3.05. The molecule has 1 saturated heterocycles. The van der Waals surface area contributed by atoms with E-state index in [0.717, 1.165) is 43.7 Å². The van der Waals surface area contributed by atoms with Gasteiger partial charge in [0.25, 0.3) is 0 Å². The van der Waals surface area contributed by atoms with Crippen molar-refractivity contribution in [3.05, 3.63) is 5.01 Å². The number of carbonyl (C=O) groups is 1. The molecule has 1 aromatic rings. The summed E-state index contributed by atoms with van der Waals surface area (Å²) in [5.74, 6) is -0.0886. The highest BCUT2D eigenvalue weighted by Gasteiger charge is 2.36. The molecular formula is C15H26N4O2S. The third-order valence-corrected chi connectivity index (χ3v) is 4.88. The van der Waals surface area contributed by atoms with Crippen LogP contribution in [0.5, 0.6) is 0 Å². The van der Waals surface area contributed by atoms with Crippen LogP contribution in [0.15, 0.2) is 0 Å². The van der Waals surface area contributed by atoms with Gasteiger partial charge in [0, 0.05) is 12.5 Å². The van der Waals surface area contributed by atoms with Gasteiger partial charge in [0.2, 0.25) is 11.0 Å². The van der Waals surface area contributed by atoms with Crippen molar-refractivity contribution in [2.75, 3.05) is 18.4 Å². The Morgan fingerprint density at radius 3 is 2.95 bits per heavy atom. The van der Waals surface area contributed by atoms with E-state index in [1.807, 2.05) is 4.90 Å². The van der Waals surface area contributed by atoms with E-state index < -0.39 is 5.60 Å². The maximum atomic E-state index is 12.2. The zero-order chi connectivity index (χ0) is 16.2. The Kier molecular flexibility index (Phi) is 5.88. The van der Waals surface area contributed by atoms with Crippen LogP contribution in [0.1, 0.15) is 51.5 Å². The van der Waals surface area contributed by atoms with Gasteiger partial charge in [-0.25, -0.2) is 0 Å². The Morgan fingerprint density at radius 1 is 1.50 bits per heavy atom. The van der Waals surface area contributed by atoms with E-state index in [2.05, 4.69) is 22.4 Å². The highest BCUT2D eigenvalue weighted by molar-refractivity contribution is 7.15. The van der Waals surface area contributed by atoms with Gasteiger partial charge < -0.3 is 5.11 Å². The van der Waals surface area contributed by atoms with Crippen LogP contribution in [0, 0.1) is 0 Å². The average molecular weight is 326 g/mol. The van der Waals surface area contributed by atoms with Crippen LogP contribution in [0.4, 0.5) is 5.13 Å². The van der Waals surface area contributed by atoms with E-state index in [0.29, 0.717) is 11.7 Å². The Balaban J connectivity index is 1.86. The van der Waals surface area contributed by atoms with Gasteiger partial charge in [-0.05, 0) is 39.7 Å². The third-order valence-electron chi connectivity index (χ3n) is 3.98. The molecule has 124 valence electrons. The van der Waals surface area contributed by atoms with Gasteiger partial charge in [-0.2, -0.15) is 0 Å². The molecule has 1 aliphatic heterocycles. The minimum atomic E-state index is -0.785. The fourth-order valence-corrected chi connectivity index (χ4v) is 3.69. The maximum Gasteiger partial charge on any atom is 0.240 e. The minimum Gasteiger partial charge on any atom is -0.389 e. The predicted octanol–water partition coefficient (Wildman–Crippen LogP) is 2.05. The second kappa shape index (κ2) is 7.48. The van der Waals surface area contributed by atoms with E-state index in [-0.39, 0.29) is 11.9 Å². The lowest BCUT2D eigenvalue weighted by molar-refractivity contribution is -0.118. The molecule has 7 heteroatoms. The number of likely N-dealkylation sites (tertiary alicyclic amines) is 1. The number of nitrogens with one attached hydrogen (secondary N) is 1. The maximum absolute atomic E-state index is 12.2. The molecule has 0 radical (unpaired) electrons. The molecule has 1 aliphatic rings. The van der Waals surface area contributed by atoms with Gasteiger partial charge in [-0.1, -0.05) is 24.7 Å². The molecule has 0 aliphatic carbocycles. The molecule has 0 bridgehead atoms. The number of amides is 1. The monoisotopic (exact) mass is 326 g/mol. The summed E-state index contributed by atoms with van der Waals surface area (Å²) in [5, 5.41) is 22.6. The fourth-order valence-electron chi connectivity index (χ4n) is 2.89. The first-order valence-corrected chi connectivity index (χ1v) is 8.80. The van der Waals surface area contributed by atoms with Crippen LogP contribution < -0.4 is 5.32 Å². The van der Waals surface area contributed by atoms with Crippen LogP contribution in [0.2, 0.25) is 0 Å². The summed E-state index contributed by atoms with van der Waals surface area (Å²) >= 11 is 1.44. The summed E-state index contributed by atoms with van der Waals surface area (Å²) in [4.78, 5) is 14.2. The summed E-state index contributed by atoms with van der Waals surface area (Å²) < 4.78 is 0. The number of nitrogens with zero attached hydrogens (tertiary/aromatic N) is 3. The smallest absolute Gasteiger partial charge is 0.240 e. The highest BCUT2D eigenvalue weighted by atomic mass is 32.1. The van der Waals surface area contributed by atoms with Crippen molar-refractivity contribution in [2.24, 2.45) is 0 Å². The quantitative estimate of drug-likeness (QED) is 0.802. The number of hydrogen-bond acceptors (Lipinski definition) is 6. The Labute approximate surface area is 135 Å². The minimum absolute atomic E-state index is 0.0350. The van der Waals surface area contributed by atoms with Gasteiger partial charge in [-0.3, -0.25) is 15.0 Å². The summed E-state index contributed by atoms with van der Waals surface area (Å²) in [7, 11) is 0. The SMILES string of the molecule is CCCCc1nnc(NC(=O)CN2CCCC2C(C)(C)O)s1. The molecule has 1 unspecified atom stereocenters. The number of aromatic nitrogens is 2. The van der Waals surface area contributed by atoms with Gasteiger partial charge >= 0.3 is 0 Å². The van der Waals surface area contributed by atoms with Crippen molar-refractivity contribution in [3.8, 4) is 0 Å². The number of carbonyl (C=O) groups excluding carboxylic acids is 1. The van der Waals surface area contributed by atoms with Crippen LogP contribution in [0.25, 0.3) is 0 Å². The van der Waals surface area contributed by atoms with Crippen LogP contribution >= 0.6 is 11.3 Å². The predicted molar refractivity (Wildman–Crippen MR) is 88.0 cm³/mol. The molecule has 2 N–H and O–H groups in total. The normalized spacial score (nSPS) is 19.5. The van der Waals surface area contributed by atoms with E-state index in [4.69, 9.17) is 0 Å². The summed E-state index contributed by atoms with van der Waals surface area (Å²) in [6, 6.07) is 0.0350. The van der Waals surface area contributed by atoms with Crippen LogP contribution in [-0.4, -0.2) is 50.8 Å². The van der Waals surface area contributed by atoms with Gasteiger partial charge in [0.1, 0.15) is 5.01 Å². The number of unbranched alkanes of at least 4 members (excludes halogenated alkanes) is 1. The van der Waals surface area contributed by atoms with Crippen molar-refractivity contribution in [1.29, 1.82) is 0 Å². The first-order valence-electron chi connectivity index (χ1n) is 7.98. The largest absolute Gasteiger partial charge is 0.389 e. The number of hydrogen-bond donors (Lipinski definition) is 2. The number of aryl methyl sites for hydroxylation is 1. The lowest BCUT2D eigenvalue weighted by atomic mass is 9.97. The van der Waals surface area contributed by atoms with Crippen molar-refractivity contribution < 1.29 is 9.90 Å². The molecule has 1 aromatic heterocycles. The highest BCUT2D eigenvalue weighted by Crippen LogP contribution is 2.26. The number of aliphatic hydroxyl groups is 1. The van der Waals surface area contributed by atoms with E-state index in [1.54, 1.807) is 13.8 Å². The zero-order valence-electron chi connectivity index (χ0n) is 13.6. The van der Waals surface area contributed by atoms with E-state index in [1.165, 1.54) is 11.3 Å². The molecule has 1 fully saturated rings. The topological polar surface area (TPSA) is 78.4 Å². The van der Waals surface area contributed by atoms with Crippen LogP contribution in [0.3, 0.4) is 0 Å². The Hall–Kier alpha value is -1.05. The van der Waals surface area contributed by atoms with Gasteiger partial charge in [0.15, 0.2) is 0 Å². The summed E-state index contributed by atoms with van der Waals surface area (Å²) in [6.45, 7) is 6.88. The van der Waals surface area contributed by atoms with Crippen molar-refractivity contribution in [3.63, 3.8) is 0 Å². The lowest BCUT2D eigenvalue weighted by Crippen LogP contribution is -2.48. The second-order valence-electron chi connectivity index (χ2n) is 6.43. The molecular weight excluding hydrogens is 300 g/mol. The zero-order valence-corrected chi connectivity index (χ0v) is 14.4. The van der Waals surface area contributed by atoms with Gasteiger partial charge in [0.05, 0.1) is 12.1 Å². The molecule has 6 nitrogen and oxygen atoms in total. The molecule has 22 heavy (non-hydrogen) atoms. The third kappa shape index (κ3) is 4.72. The molecule has 0 spiro atoms. The standard InChI is InChI=1S/C15H26N4O2S/c1-4-5-8-13-17-18-14(22-13)16-12(20)10-19-9-6-7-11(19)15(2,3)21/h11,21H,4-10H2,1-3H3,(H,16,18,20). The van der Waals surface area contributed by atoms with Crippen LogP contribution in [-0.2, 0) is 11.2 Å². The van der Waals surface area contributed by atoms with Crippen molar-refractivity contribution in [2.45, 2.75) is 64.5 Å². The Bertz CT molecular complexity index is 498. The molecule has 1 amide bonds. The number of anilines is 1. The van der Waals surface area contributed by atoms with Crippen molar-refractivity contribution in [1.82, 2.24) is 15.1 Å². The molecule has 0 aromatic carbocycles. The van der Waals surface area contributed by atoms with Crippen molar-refractivity contribution >= 4 is 22.4 Å². The lowest BCUT2D eigenvalue weighted by Gasteiger charge is -2.33. The Morgan fingerprint density at radius 2 is 2.27 bits per heavy atom. The summed E-state index contributed by atoms with van der Waals surface area (Å²) in [6.07, 6.45) is 5.06. The molecule has 2 rings (SSSR count). The molecule has 0 saturated carbocycles.